The van der Waals surface area contributed by atoms with Crippen molar-refractivity contribution in [1.82, 2.24) is 14.9 Å². The van der Waals surface area contributed by atoms with Gasteiger partial charge in [-0.25, -0.2) is 4.98 Å². The maximum atomic E-state index is 4.85. The van der Waals surface area contributed by atoms with Crippen LogP contribution >= 0.6 is 11.8 Å². The van der Waals surface area contributed by atoms with Crippen LogP contribution in [0.3, 0.4) is 0 Å². The molecule has 0 bridgehead atoms. The minimum atomic E-state index is 0.00755. The predicted molar refractivity (Wildman–Crippen MR) is 102 cm³/mol. The molecule has 0 saturated carbocycles. The van der Waals surface area contributed by atoms with Crippen LogP contribution in [0, 0.1) is 0 Å². The van der Waals surface area contributed by atoms with Crippen LogP contribution in [0.25, 0.3) is 15.9 Å². The van der Waals surface area contributed by atoms with E-state index in [1.807, 2.05) is 6.07 Å². The lowest BCUT2D eigenvalue weighted by Gasteiger charge is -2.31. The maximum Gasteiger partial charge on any atom is 0.175 e. The fraction of sp³-hybridized carbons (Fsp3) is 0.250. The van der Waals surface area contributed by atoms with Crippen molar-refractivity contribution in [3.63, 3.8) is 0 Å². The summed E-state index contributed by atoms with van der Waals surface area (Å²) < 4.78 is 2.30. The molecule has 1 aliphatic heterocycles. The molecule has 0 spiro atoms. The molecule has 4 heteroatoms. The fourth-order valence-electron chi connectivity index (χ4n) is 3.02. The highest BCUT2D eigenvalue weighted by molar-refractivity contribution is 8.08. The van der Waals surface area contributed by atoms with E-state index in [9.17, 15) is 0 Å². The van der Waals surface area contributed by atoms with E-state index in [2.05, 4.69) is 85.3 Å². The van der Waals surface area contributed by atoms with E-state index in [1.165, 1.54) is 16.0 Å². The highest BCUT2D eigenvalue weighted by atomic mass is 32.2. The molecule has 24 heavy (non-hydrogen) atoms. The number of fused-ring (bicyclic) bond motifs is 3. The lowest BCUT2D eigenvalue weighted by atomic mass is 10.1. The van der Waals surface area contributed by atoms with E-state index in [1.54, 1.807) is 11.8 Å². The average molecular weight is 335 g/mol. The molecule has 4 rings (SSSR count). The van der Waals surface area contributed by atoms with E-state index in [0.717, 1.165) is 10.7 Å². The molecule has 122 valence electrons. The number of imidazole rings is 1. The number of thioether (sulfide) groups is 1. The lowest BCUT2D eigenvalue weighted by Crippen LogP contribution is -2.41. The van der Waals surface area contributed by atoms with Crippen LogP contribution in [-0.2, 0) is 0 Å². The van der Waals surface area contributed by atoms with Gasteiger partial charge in [-0.05, 0) is 44.5 Å². The Morgan fingerprint density at radius 2 is 1.71 bits per heavy atom. The van der Waals surface area contributed by atoms with E-state index in [-0.39, 0.29) is 11.7 Å². The van der Waals surface area contributed by atoms with Gasteiger partial charge in [-0.2, -0.15) is 0 Å². The number of aromatic nitrogens is 2. The van der Waals surface area contributed by atoms with Crippen molar-refractivity contribution in [1.29, 1.82) is 0 Å². The fourth-order valence-corrected chi connectivity index (χ4v) is 4.12. The molecule has 1 aliphatic rings. The first kappa shape index (κ1) is 15.5. The van der Waals surface area contributed by atoms with Crippen LogP contribution in [0.4, 0.5) is 0 Å². The van der Waals surface area contributed by atoms with Gasteiger partial charge in [0.25, 0.3) is 0 Å². The normalized spacial score (nSPS) is 17.6. The Labute approximate surface area is 146 Å². The Morgan fingerprint density at radius 3 is 2.46 bits per heavy atom. The Kier molecular flexibility index (Phi) is 3.74. The zero-order valence-electron chi connectivity index (χ0n) is 14.2. The van der Waals surface area contributed by atoms with E-state index in [4.69, 9.17) is 4.98 Å². The molecule has 0 amide bonds. The molecule has 0 radical (unpaired) electrons. The molecule has 0 fully saturated rings. The van der Waals surface area contributed by atoms with Crippen molar-refractivity contribution in [2.24, 2.45) is 0 Å². The van der Waals surface area contributed by atoms with Crippen molar-refractivity contribution in [3.05, 3.63) is 66.2 Å². The van der Waals surface area contributed by atoms with Crippen molar-refractivity contribution < 1.29 is 0 Å². The summed E-state index contributed by atoms with van der Waals surface area (Å²) in [6, 6.07) is 18.9. The van der Waals surface area contributed by atoms with Crippen LogP contribution in [-0.4, -0.2) is 15.1 Å². The van der Waals surface area contributed by atoms with Gasteiger partial charge in [0, 0.05) is 10.4 Å². The second-order valence-corrected chi connectivity index (χ2v) is 8.10. The largest absolute Gasteiger partial charge is 0.299 e. The number of hydrogen-bond donors (Lipinski definition) is 1. The van der Waals surface area contributed by atoms with Crippen LogP contribution in [0.2, 0.25) is 0 Å². The van der Waals surface area contributed by atoms with Gasteiger partial charge in [0.05, 0.1) is 11.0 Å². The topological polar surface area (TPSA) is 29.9 Å². The van der Waals surface area contributed by atoms with Gasteiger partial charge in [0.2, 0.25) is 0 Å². The molecule has 1 atom stereocenters. The molecule has 1 unspecified atom stereocenters. The first-order valence-corrected chi connectivity index (χ1v) is 9.03. The molecule has 1 N–H and O–H groups in total. The zero-order valence-corrected chi connectivity index (χ0v) is 15.0. The SMILES string of the molecule is CC(C)(C)NC1C=C(c2ccccc2)Sc2nc3ccccc3n21. The van der Waals surface area contributed by atoms with E-state index in [0.29, 0.717) is 0 Å². The molecular weight excluding hydrogens is 314 g/mol. The molecular formula is C20H21N3S. The van der Waals surface area contributed by atoms with Crippen molar-refractivity contribution in [3.8, 4) is 0 Å². The van der Waals surface area contributed by atoms with E-state index < -0.39 is 0 Å². The van der Waals surface area contributed by atoms with Crippen molar-refractivity contribution in [2.75, 3.05) is 0 Å². The second-order valence-electron chi connectivity index (χ2n) is 7.09. The molecule has 1 aromatic heterocycles. The summed E-state index contributed by atoms with van der Waals surface area (Å²) in [5, 5.41) is 4.77. The molecule has 0 saturated heterocycles. The zero-order chi connectivity index (χ0) is 16.7. The van der Waals surface area contributed by atoms with Crippen LogP contribution in [0.15, 0.2) is 65.8 Å². The maximum absolute atomic E-state index is 4.85. The van der Waals surface area contributed by atoms with Gasteiger partial charge in [0.1, 0.15) is 6.17 Å². The monoisotopic (exact) mass is 335 g/mol. The quantitative estimate of drug-likeness (QED) is 0.709. The summed E-state index contributed by atoms with van der Waals surface area (Å²) in [7, 11) is 0. The van der Waals surface area contributed by atoms with E-state index >= 15 is 0 Å². The summed E-state index contributed by atoms with van der Waals surface area (Å²) >= 11 is 1.74. The summed E-state index contributed by atoms with van der Waals surface area (Å²) in [5.41, 5.74) is 3.46. The van der Waals surface area contributed by atoms with Crippen molar-refractivity contribution >= 4 is 27.7 Å². The van der Waals surface area contributed by atoms with Gasteiger partial charge < -0.3 is 0 Å². The third-order valence-electron chi connectivity index (χ3n) is 3.99. The first-order valence-electron chi connectivity index (χ1n) is 8.21. The van der Waals surface area contributed by atoms with Crippen LogP contribution in [0.1, 0.15) is 32.5 Å². The Balaban J connectivity index is 1.85. The highest BCUT2D eigenvalue weighted by Crippen LogP contribution is 2.42. The third-order valence-corrected chi connectivity index (χ3v) is 5.05. The van der Waals surface area contributed by atoms with Crippen LogP contribution < -0.4 is 5.32 Å². The van der Waals surface area contributed by atoms with Gasteiger partial charge in [-0.15, -0.1) is 0 Å². The molecule has 0 aliphatic carbocycles. The van der Waals surface area contributed by atoms with Gasteiger partial charge in [0.15, 0.2) is 5.16 Å². The average Bonchev–Trinajstić information content (AvgIpc) is 2.93. The number of para-hydroxylation sites is 2. The van der Waals surface area contributed by atoms with Gasteiger partial charge in [-0.1, -0.05) is 54.2 Å². The number of benzene rings is 2. The van der Waals surface area contributed by atoms with Crippen LogP contribution in [0.5, 0.6) is 0 Å². The first-order chi connectivity index (χ1) is 11.5. The third kappa shape index (κ3) is 2.87. The summed E-state index contributed by atoms with van der Waals surface area (Å²) in [6.07, 6.45) is 2.40. The number of hydrogen-bond acceptors (Lipinski definition) is 3. The Bertz CT molecular complexity index is 904. The van der Waals surface area contributed by atoms with Crippen molar-refractivity contribution in [2.45, 2.75) is 37.6 Å². The minimum Gasteiger partial charge on any atom is -0.299 e. The Hall–Kier alpha value is -2.04. The molecule has 2 heterocycles. The lowest BCUT2D eigenvalue weighted by molar-refractivity contribution is 0.333. The highest BCUT2D eigenvalue weighted by Gasteiger charge is 2.27. The standard InChI is InChI=1S/C20H21N3S/c1-20(2,3)22-18-13-17(14-9-5-4-6-10-14)24-19-21-15-11-7-8-12-16(15)23(18)19/h4-13,18,22H,1-3H3. The molecule has 3 nitrogen and oxygen atoms in total. The molecule has 3 aromatic rings. The predicted octanol–water partition coefficient (Wildman–Crippen LogP) is 5.07. The summed E-state index contributed by atoms with van der Waals surface area (Å²) in [5.74, 6) is 0. The molecule has 2 aromatic carbocycles. The van der Waals surface area contributed by atoms with Gasteiger partial charge >= 0.3 is 0 Å². The number of nitrogens with zero attached hydrogens (tertiary/aromatic N) is 2. The smallest absolute Gasteiger partial charge is 0.175 e. The summed E-state index contributed by atoms with van der Waals surface area (Å²) in [6.45, 7) is 6.59. The number of rotatable bonds is 2. The second kappa shape index (κ2) is 5.80. The summed E-state index contributed by atoms with van der Waals surface area (Å²) in [4.78, 5) is 6.10. The van der Waals surface area contributed by atoms with Gasteiger partial charge in [-0.3, -0.25) is 9.88 Å². The minimum absolute atomic E-state index is 0.00755. The number of nitrogens with one attached hydrogen (secondary N) is 1. The Morgan fingerprint density at radius 1 is 1.00 bits per heavy atom.